The first kappa shape index (κ1) is 27.7. The van der Waals surface area contributed by atoms with Crippen molar-refractivity contribution in [3.05, 3.63) is 125 Å². The number of amides is 1. The molecule has 1 aliphatic rings. The molecule has 0 saturated carbocycles. The summed E-state index contributed by atoms with van der Waals surface area (Å²) in [5.41, 5.74) is 2.87. The fraction of sp³-hybridized carbons (Fsp3) is 0.194. The third-order valence-electron chi connectivity index (χ3n) is 6.86. The van der Waals surface area contributed by atoms with Crippen LogP contribution in [-0.2, 0) is 14.8 Å². The molecular formula is C31H30ClN3O4S. The number of hydrogen-bond acceptors (Lipinski definition) is 5. The van der Waals surface area contributed by atoms with Crippen LogP contribution in [0.4, 0.5) is 5.69 Å². The van der Waals surface area contributed by atoms with Crippen molar-refractivity contribution in [1.29, 1.82) is 0 Å². The van der Waals surface area contributed by atoms with Crippen molar-refractivity contribution in [2.75, 3.05) is 37.5 Å². The van der Waals surface area contributed by atoms with E-state index in [0.717, 1.165) is 13.1 Å². The lowest BCUT2D eigenvalue weighted by atomic mass is 9.96. The molecule has 1 fully saturated rings. The Morgan fingerprint density at radius 3 is 1.88 bits per heavy atom. The summed E-state index contributed by atoms with van der Waals surface area (Å²) in [5, 5.41) is 0.518. The Labute approximate surface area is 240 Å². The van der Waals surface area contributed by atoms with Gasteiger partial charge < -0.3 is 9.64 Å². The first-order valence-electron chi connectivity index (χ1n) is 13.0. The minimum absolute atomic E-state index is 0.0867. The highest BCUT2D eigenvalue weighted by molar-refractivity contribution is 7.92. The number of anilines is 1. The zero-order valence-corrected chi connectivity index (χ0v) is 23.4. The average Bonchev–Trinajstić information content (AvgIpc) is 2.99. The molecule has 0 aromatic heterocycles. The molecule has 1 amide bonds. The van der Waals surface area contributed by atoms with Crippen molar-refractivity contribution >= 4 is 33.2 Å². The monoisotopic (exact) mass is 575 g/mol. The average molecular weight is 576 g/mol. The Kier molecular flexibility index (Phi) is 8.69. The van der Waals surface area contributed by atoms with Gasteiger partial charge in [0.2, 0.25) is 0 Å². The van der Waals surface area contributed by atoms with Gasteiger partial charge in [-0.05, 0) is 59.7 Å². The summed E-state index contributed by atoms with van der Waals surface area (Å²) in [5.74, 6) is 0.322. The maximum atomic E-state index is 12.9. The summed E-state index contributed by atoms with van der Waals surface area (Å²) in [7, 11) is -3.77. The second-order valence-electron chi connectivity index (χ2n) is 9.51. The number of rotatable bonds is 9. The van der Waals surface area contributed by atoms with Crippen LogP contribution in [0.15, 0.2) is 114 Å². The Morgan fingerprint density at radius 2 is 1.32 bits per heavy atom. The van der Waals surface area contributed by atoms with Gasteiger partial charge in [-0.3, -0.25) is 14.4 Å². The smallest absolute Gasteiger partial charge is 0.261 e. The molecular weight excluding hydrogens is 546 g/mol. The molecule has 4 aromatic carbocycles. The second kappa shape index (κ2) is 12.6. The van der Waals surface area contributed by atoms with Crippen molar-refractivity contribution < 1.29 is 17.9 Å². The largest absolute Gasteiger partial charge is 0.484 e. The van der Waals surface area contributed by atoms with Crippen LogP contribution >= 0.6 is 11.6 Å². The van der Waals surface area contributed by atoms with E-state index in [1.165, 1.54) is 23.3 Å². The van der Waals surface area contributed by atoms with Gasteiger partial charge in [0.15, 0.2) is 6.61 Å². The number of hydrogen-bond donors (Lipinski definition) is 1. The Balaban J connectivity index is 1.15. The zero-order valence-electron chi connectivity index (χ0n) is 21.8. The first-order chi connectivity index (χ1) is 19.4. The van der Waals surface area contributed by atoms with Crippen molar-refractivity contribution in [3.8, 4) is 5.75 Å². The van der Waals surface area contributed by atoms with Crippen molar-refractivity contribution in [2.45, 2.75) is 10.9 Å². The Bertz CT molecular complexity index is 1470. The highest BCUT2D eigenvalue weighted by atomic mass is 35.5. The van der Waals surface area contributed by atoms with E-state index in [2.05, 4.69) is 58.2 Å². The van der Waals surface area contributed by atoms with Crippen LogP contribution in [0.5, 0.6) is 5.75 Å². The molecule has 9 heteroatoms. The summed E-state index contributed by atoms with van der Waals surface area (Å²) in [6, 6.07) is 33.4. The van der Waals surface area contributed by atoms with Gasteiger partial charge in [-0.25, -0.2) is 8.42 Å². The molecule has 40 heavy (non-hydrogen) atoms. The second-order valence-corrected chi connectivity index (χ2v) is 11.6. The Hall–Kier alpha value is -3.85. The molecule has 1 aliphatic heterocycles. The van der Waals surface area contributed by atoms with Crippen LogP contribution in [0.25, 0.3) is 0 Å². The lowest BCUT2D eigenvalue weighted by Gasteiger charge is -2.39. The number of sulfonamides is 1. The standard InChI is InChI=1S/C31H30ClN3O4S/c32-26-11-13-27(14-12-26)33-40(37,38)29-17-15-28(16-18-29)39-23-30(36)34-19-21-35(22-20-34)31(24-7-3-1-4-8-24)25-9-5-2-6-10-25/h1-18,31,33H,19-23H2. The van der Waals surface area contributed by atoms with Crippen molar-refractivity contribution in [3.63, 3.8) is 0 Å². The fourth-order valence-electron chi connectivity index (χ4n) is 4.80. The van der Waals surface area contributed by atoms with E-state index in [0.29, 0.717) is 29.5 Å². The number of carbonyl (C=O) groups is 1. The van der Waals surface area contributed by atoms with Gasteiger partial charge in [0.05, 0.1) is 10.9 Å². The van der Waals surface area contributed by atoms with Gasteiger partial charge in [-0.2, -0.15) is 0 Å². The van der Waals surface area contributed by atoms with E-state index in [4.69, 9.17) is 16.3 Å². The van der Waals surface area contributed by atoms with Crippen LogP contribution in [0.1, 0.15) is 17.2 Å². The van der Waals surface area contributed by atoms with Gasteiger partial charge in [0.25, 0.3) is 15.9 Å². The molecule has 5 rings (SSSR count). The molecule has 0 unspecified atom stereocenters. The number of piperazine rings is 1. The maximum Gasteiger partial charge on any atom is 0.261 e. The quantitative estimate of drug-likeness (QED) is 0.287. The minimum atomic E-state index is -3.77. The topological polar surface area (TPSA) is 78.9 Å². The summed E-state index contributed by atoms with van der Waals surface area (Å²) in [6.45, 7) is 2.58. The zero-order chi connectivity index (χ0) is 28.0. The summed E-state index contributed by atoms with van der Waals surface area (Å²) < 4.78 is 33.6. The van der Waals surface area contributed by atoms with Gasteiger partial charge in [-0.1, -0.05) is 72.3 Å². The normalized spacial score (nSPS) is 14.2. The molecule has 0 spiro atoms. The minimum Gasteiger partial charge on any atom is -0.484 e. The predicted molar refractivity (Wildman–Crippen MR) is 157 cm³/mol. The van der Waals surface area contributed by atoms with Gasteiger partial charge in [-0.15, -0.1) is 0 Å². The van der Waals surface area contributed by atoms with Gasteiger partial charge >= 0.3 is 0 Å². The molecule has 0 aliphatic carbocycles. The summed E-state index contributed by atoms with van der Waals surface area (Å²) >= 11 is 5.86. The number of benzene rings is 4. The molecule has 7 nitrogen and oxygen atoms in total. The van der Waals surface area contributed by atoms with Crippen molar-refractivity contribution in [2.24, 2.45) is 0 Å². The summed E-state index contributed by atoms with van der Waals surface area (Å²) in [6.07, 6.45) is 0. The van der Waals surface area contributed by atoms with E-state index in [1.807, 2.05) is 17.0 Å². The van der Waals surface area contributed by atoms with E-state index < -0.39 is 10.0 Å². The van der Waals surface area contributed by atoms with E-state index in [1.54, 1.807) is 36.4 Å². The number of nitrogens with one attached hydrogen (secondary N) is 1. The summed E-state index contributed by atoms with van der Waals surface area (Å²) in [4.78, 5) is 17.2. The van der Waals surface area contributed by atoms with Crippen molar-refractivity contribution in [1.82, 2.24) is 9.80 Å². The van der Waals surface area contributed by atoms with Crippen LogP contribution in [0.2, 0.25) is 5.02 Å². The number of carbonyl (C=O) groups excluding carboxylic acids is 1. The lowest BCUT2D eigenvalue weighted by molar-refractivity contribution is -0.135. The predicted octanol–water partition coefficient (Wildman–Crippen LogP) is 5.45. The third-order valence-corrected chi connectivity index (χ3v) is 8.50. The van der Waals surface area contributed by atoms with Gasteiger partial charge in [0.1, 0.15) is 5.75 Å². The molecule has 1 heterocycles. The maximum absolute atomic E-state index is 12.9. The molecule has 1 N–H and O–H groups in total. The highest BCUT2D eigenvalue weighted by Gasteiger charge is 2.28. The Morgan fingerprint density at radius 1 is 0.775 bits per heavy atom. The van der Waals surface area contributed by atoms with E-state index in [9.17, 15) is 13.2 Å². The molecule has 0 bridgehead atoms. The lowest BCUT2D eigenvalue weighted by Crippen LogP contribution is -2.51. The number of nitrogens with zero attached hydrogens (tertiary/aromatic N) is 2. The molecule has 0 atom stereocenters. The SMILES string of the molecule is O=C(COc1ccc(S(=O)(=O)Nc2ccc(Cl)cc2)cc1)N1CCN(C(c2ccccc2)c2ccccc2)CC1. The molecule has 4 aromatic rings. The van der Waals surface area contributed by atoms with Crippen LogP contribution in [-0.4, -0.2) is 56.9 Å². The first-order valence-corrected chi connectivity index (χ1v) is 14.9. The highest BCUT2D eigenvalue weighted by Crippen LogP contribution is 2.29. The molecule has 0 radical (unpaired) electrons. The van der Waals surface area contributed by atoms with E-state index in [-0.39, 0.29) is 23.5 Å². The third kappa shape index (κ3) is 6.83. The van der Waals surface area contributed by atoms with Crippen LogP contribution < -0.4 is 9.46 Å². The molecule has 1 saturated heterocycles. The van der Waals surface area contributed by atoms with E-state index >= 15 is 0 Å². The number of ether oxygens (including phenoxy) is 1. The van der Waals surface area contributed by atoms with Crippen LogP contribution in [0.3, 0.4) is 0 Å². The van der Waals surface area contributed by atoms with Crippen LogP contribution in [0, 0.1) is 0 Å². The molecule has 206 valence electrons. The van der Waals surface area contributed by atoms with Gasteiger partial charge in [0, 0.05) is 36.9 Å². The fourth-order valence-corrected chi connectivity index (χ4v) is 5.98. The number of halogens is 1.